The van der Waals surface area contributed by atoms with Crippen LogP contribution in [0.1, 0.15) is 54.9 Å². The fourth-order valence-electron chi connectivity index (χ4n) is 0.832. The van der Waals surface area contributed by atoms with Crippen molar-refractivity contribution in [1.82, 2.24) is 0 Å². The van der Waals surface area contributed by atoms with Crippen molar-refractivity contribution in [3.63, 3.8) is 0 Å². The summed E-state index contributed by atoms with van der Waals surface area (Å²) in [6.45, 7) is 15.7. The van der Waals surface area contributed by atoms with E-state index in [1.807, 2.05) is 20.8 Å². The summed E-state index contributed by atoms with van der Waals surface area (Å²) in [6, 6.07) is 0. The molecule has 104 valence electrons. The molecule has 0 aromatic rings. The van der Waals surface area contributed by atoms with Crippen LogP contribution < -0.4 is 0 Å². The van der Waals surface area contributed by atoms with Crippen molar-refractivity contribution in [2.45, 2.75) is 54.9 Å². The Bertz CT molecular complexity index is 196. The van der Waals surface area contributed by atoms with Crippen LogP contribution in [0.3, 0.4) is 0 Å². The standard InChI is InChI=1S/C8H16O2.C6H14O/c1-5-7(9)10-6-8(2,3)4;1-6(2,3)5-7-4/h5-6H2,1-4H3;5H2,1-4H3. The smallest absolute Gasteiger partial charge is 0.305 e. The van der Waals surface area contributed by atoms with Crippen LogP contribution in [-0.4, -0.2) is 26.3 Å². The third kappa shape index (κ3) is 21.3. The summed E-state index contributed by atoms with van der Waals surface area (Å²) < 4.78 is 9.82. The van der Waals surface area contributed by atoms with Crippen molar-refractivity contribution >= 4 is 5.97 Å². The highest BCUT2D eigenvalue weighted by Gasteiger charge is 2.12. The van der Waals surface area contributed by atoms with Crippen molar-refractivity contribution in [2.75, 3.05) is 20.3 Å². The molecule has 0 aliphatic carbocycles. The topological polar surface area (TPSA) is 35.5 Å². The summed E-state index contributed by atoms with van der Waals surface area (Å²) in [6.07, 6.45) is 0.468. The monoisotopic (exact) mass is 246 g/mol. The molecule has 3 nitrogen and oxygen atoms in total. The molecule has 0 radical (unpaired) electrons. The van der Waals surface area contributed by atoms with E-state index in [0.717, 1.165) is 6.61 Å². The Morgan fingerprint density at radius 2 is 1.35 bits per heavy atom. The summed E-state index contributed by atoms with van der Waals surface area (Å²) in [5.74, 6) is -0.116. The van der Waals surface area contributed by atoms with Gasteiger partial charge in [-0.15, -0.1) is 0 Å². The molecule has 0 rings (SSSR count). The van der Waals surface area contributed by atoms with Gasteiger partial charge in [-0.3, -0.25) is 4.79 Å². The van der Waals surface area contributed by atoms with Crippen molar-refractivity contribution in [1.29, 1.82) is 0 Å². The van der Waals surface area contributed by atoms with E-state index < -0.39 is 0 Å². The van der Waals surface area contributed by atoms with Crippen LogP contribution in [-0.2, 0) is 14.3 Å². The lowest BCUT2D eigenvalue weighted by Gasteiger charge is -2.17. The number of ether oxygens (including phenoxy) is 2. The fraction of sp³-hybridized carbons (Fsp3) is 0.929. The van der Waals surface area contributed by atoms with Gasteiger partial charge in [-0.05, 0) is 10.8 Å². The van der Waals surface area contributed by atoms with Gasteiger partial charge in [-0.25, -0.2) is 0 Å². The molecule has 0 fully saturated rings. The molecule has 3 heteroatoms. The highest BCUT2D eigenvalue weighted by Crippen LogP contribution is 2.13. The Hall–Kier alpha value is -0.570. The van der Waals surface area contributed by atoms with Crippen LogP contribution in [0.15, 0.2) is 0 Å². The van der Waals surface area contributed by atoms with Crippen LogP contribution in [0.2, 0.25) is 0 Å². The second-order valence-electron chi connectivity index (χ2n) is 6.57. The van der Waals surface area contributed by atoms with E-state index in [-0.39, 0.29) is 11.4 Å². The first-order chi connectivity index (χ1) is 7.52. The molecule has 0 aliphatic heterocycles. The van der Waals surface area contributed by atoms with Gasteiger partial charge in [-0.2, -0.15) is 0 Å². The number of hydrogen-bond acceptors (Lipinski definition) is 3. The van der Waals surface area contributed by atoms with Gasteiger partial charge in [0.2, 0.25) is 0 Å². The van der Waals surface area contributed by atoms with Gasteiger partial charge in [0.1, 0.15) is 0 Å². The molecule has 0 saturated carbocycles. The molecule has 0 amide bonds. The maximum atomic E-state index is 10.6. The molecule has 17 heavy (non-hydrogen) atoms. The van der Waals surface area contributed by atoms with Gasteiger partial charge >= 0.3 is 5.97 Å². The SMILES string of the molecule is CCC(=O)OCC(C)(C)C.COCC(C)(C)C. The van der Waals surface area contributed by atoms with Gasteiger partial charge < -0.3 is 9.47 Å². The molecule has 0 aliphatic rings. The average Bonchev–Trinajstić information content (AvgIpc) is 2.12. The first-order valence-electron chi connectivity index (χ1n) is 6.16. The fourth-order valence-corrected chi connectivity index (χ4v) is 0.832. The number of carbonyl (C=O) groups excluding carboxylic acids is 1. The Balaban J connectivity index is 0. The lowest BCUT2D eigenvalue weighted by atomic mass is 9.99. The summed E-state index contributed by atoms with van der Waals surface area (Å²) in [5, 5.41) is 0. The highest BCUT2D eigenvalue weighted by atomic mass is 16.5. The third-order valence-electron chi connectivity index (χ3n) is 1.53. The minimum absolute atomic E-state index is 0.0881. The molecule has 0 aromatic heterocycles. The molecule has 0 spiro atoms. The molecule has 0 aromatic carbocycles. The zero-order chi connectivity index (χ0) is 14.1. The first kappa shape index (κ1) is 18.8. The third-order valence-corrected chi connectivity index (χ3v) is 1.53. The van der Waals surface area contributed by atoms with Gasteiger partial charge in [0, 0.05) is 13.5 Å². The van der Waals surface area contributed by atoms with Crippen LogP contribution in [0.4, 0.5) is 0 Å². The molecular formula is C14H30O3. The van der Waals surface area contributed by atoms with E-state index in [1.54, 1.807) is 14.0 Å². The maximum Gasteiger partial charge on any atom is 0.305 e. The first-order valence-corrected chi connectivity index (χ1v) is 6.16. The number of carbonyl (C=O) groups is 1. The predicted octanol–water partition coefficient (Wildman–Crippen LogP) is 3.66. The Morgan fingerprint density at radius 3 is 1.53 bits per heavy atom. The van der Waals surface area contributed by atoms with Gasteiger partial charge in [0.25, 0.3) is 0 Å². The molecule has 0 N–H and O–H groups in total. The summed E-state index contributed by atoms with van der Waals surface area (Å²) in [5.41, 5.74) is 0.416. The van der Waals surface area contributed by atoms with Crippen LogP contribution >= 0.6 is 0 Å². The second-order valence-corrected chi connectivity index (χ2v) is 6.57. The van der Waals surface area contributed by atoms with Crippen molar-refractivity contribution in [2.24, 2.45) is 10.8 Å². The summed E-state index contributed by atoms with van der Waals surface area (Å²) in [7, 11) is 1.73. The normalized spacial score (nSPS) is 11.5. The molecular weight excluding hydrogens is 216 g/mol. The van der Waals surface area contributed by atoms with E-state index in [0.29, 0.717) is 18.4 Å². The summed E-state index contributed by atoms with van der Waals surface area (Å²) in [4.78, 5) is 10.6. The number of rotatable bonds is 3. The number of esters is 1. The molecule has 0 heterocycles. The summed E-state index contributed by atoms with van der Waals surface area (Å²) >= 11 is 0. The minimum atomic E-state index is -0.116. The van der Waals surface area contributed by atoms with Gasteiger partial charge in [-0.1, -0.05) is 48.5 Å². The zero-order valence-corrected chi connectivity index (χ0v) is 12.8. The van der Waals surface area contributed by atoms with Crippen LogP contribution in [0.25, 0.3) is 0 Å². The highest BCUT2D eigenvalue weighted by molar-refractivity contribution is 5.68. The Labute approximate surface area is 107 Å². The van der Waals surface area contributed by atoms with E-state index >= 15 is 0 Å². The Morgan fingerprint density at radius 1 is 0.941 bits per heavy atom. The molecule has 0 saturated heterocycles. The number of methoxy groups -OCH3 is 1. The largest absolute Gasteiger partial charge is 0.465 e. The van der Waals surface area contributed by atoms with E-state index in [4.69, 9.17) is 9.47 Å². The van der Waals surface area contributed by atoms with Gasteiger partial charge in [0.05, 0.1) is 13.2 Å². The zero-order valence-electron chi connectivity index (χ0n) is 12.8. The van der Waals surface area contributed by atoms with E-state index in [2.05, 4.69) is 20.8 Å². The number of hydrogen-bond donors (Lipinski definition) is 0. The van der Waals surface area contributed by atoms with Gasteiger partial charge in [0.15, 0.2) is 0 Å². The van der Waals surface area contributed by atoms with Crippen LogP contribution in [0.5, 0.6) is 0 Å². The second kappa shape index (κ2) is 8.51. The molecule has 0 bridgehead atoms. The van der Waals surface area contributed by atoms with E-state index in [1.165, 1.54) is 0 Å². The van der Waals surface area contributed by atoms with Crippen molar-refractivity contribution < 1.29 is 14.3 Å². The lowest BCUT2D eigenvalue weighted by Crippen LogP contribution is -2.17. The van der Waals surface area contributed by atoms with Crippen molar-refractivity contribution in [3.05, 3.63) is 0 Å². The Kier molecular flexibility index (Phi) is 9.40. The maximum absolute atomic E-state index is 10.6. The average molecular weight is 246 g/mol. The molecule has 0 atom stereocenters. The lowest BCUT2D eigenvalue weighted by molar-refractivity contribution is -0.145. The van der Waals surface area contributed by atoms with Crippen molar-refractivity contribution in [3.8, 4) is 0 Å². The quantitative estimate of drug-likeness (QED) is 0.713. The van der Waals surface area contributed by atoms with E-state index in [9.17, 15) is 4.79 Å². The predicted molar refractivity (Wildman–Crippen MR) is 72.0 cm³/mol. The molecule has 0 unspecified atom stereocenters. The minimum Gasteiger partial charge on any atom is -0.465 e. The van der Waals surface area contributed by atoms with Crippen LogP contribution in [0, 0.1) is 10.8 Å².